The van der Waals surface area contributed by atoms with E-state index in [2.05, 4.69) is 25.9 Å². The molecule has 0 saturated carbocycles. The van der Waals surface area contributed by atoms with Gasteiger partial charge in [-0.05, 0) is 28.1 Å². The van der Waals surface area contributed by atoms with Crippen molar-refractivity contribution in [3.8, 4) is 11.3 Å². The quantitative estimate of drug-likeness (QED) is 0.891. The van der Waals surface area contributed by atoms with Gasteiger partial charge in [-0.1, -0.05) is 12.1 Å². The minimum Gasteiger partial charge on any atom is -0.477 e. The van der Waals surface area contributed by atoms with Crippen LogP contribution >= 0.6 is 15.9 Å². The number of carboxylic acids is 1. The topological polar surface area (TPSA) is 66.0 Å². The van der Waals surface area contributed by atoms with Crippen LogP contribution in [0.1, 0.15) is 10.5 Å². The summed E-state index contributed by atoms with van der Waals surface area (Å²) in [6.45, 7) is 0. The number of carbonyl (C=O) groups is 1. The summed E-state index contributed by atoms with van der Waals surface area (Å²) >= 11 is 3.02. The van der Waals surface area contributed by atoms with Crippen LogP contribution in [0.4, 0.5) is 4.39 Å². The fourth-order valence-electron chi connectivity index (χ4n) is 1.35. The van der Waals surface area contributed by atoms with Crippen LogP contribution in [-0.2, 0) is 0 Å². The number of imidazole rings is 1. The monoisotopic (exact) mass is 284 g/mol. The summed E-state index contributed by atoms with van der Waals surface area (Å²) in [6, 6.07) is 5.88. The molecule has 0 aliphatic heterocycles. The lowest BCUT2D eigenvalue weighted by molar-refractivity contribution is 0.0692. The summed E-state index contributed by atoms with van der Waals surface area (Å²) in [7, 11) is 0. The highest BCUT2D eigenvalue weighted by Gasteiger charge is 2.19. The lowest BCUT2D eigenvalue weighted by Crippen LogP contribution is -2.00. The van der Waals surface area contributed by atoms with Crippen LogP contribution in [0.25, 0.3) is 11.3 Å². The van der Waals surface area contributed by atoms with Gasteiger partial charge in [-0.2, -0.15) is 0 Å². The Kier molecular flexibility index (Phi) is 2.74. The number of aromatic carboxylic acids is 1. The Balaban J connectivity index is 2.64. The molecule has 0 aliphatic rings. The van der Waals surface area contributed by atoms with Crippen molar-refractivity contribution in [1.29, 1.82) is 0 Å². The van der Waals surface area contributed by atoms with Crippen molar-refractivity contribution in [2.24, 2.45) is 0 Å². The molecule has 0 radical (unpaired) electrons. The highest BCUT2D eigenvalue weighted by atomic mass is 79.9. The molecular formula is C10H6BrFN2O2. The Labute approximate surface area is 98.3 Å². The van der Waals surface area contributed by atoms with Crippen molar-refractivity contribution in [2.45, 2.75) is 0 Å². The van der Waals surface area contributed by atoms with E-state index >= 15 is 0 Å². The molecule has 0 aliphatic carbocycles. The normalized spacial score (nSPS) is 10.4. The second-order valence-corrected chi connectivity index (χ2v) is 3.79. The maximum absolute atomic E-state index is 13.5. The molecule has 2 aromatic rings. The van der Waals surface area contributed by atoms with Gasteiger partial charge in [0.2, 0.25) is 0 Å². The molecule has 16 heavy (non-hydrogen) atoms. The zero-order valence-corrected chi connectivity index (χ0v) is 9.45. The Bertz CT molecular complexity index is 554. The van der Waals surface area contributed by atoms with Crippen LogP contribution in [0.3, 0.4) is 0 Å². The van der Waals surface area contributed by atoms with E-state index in [0.717, 1.165) is 0 Å². The van der Waals surface area contributed by atoms with Crippen molar-refractivity contribution >= 4 is 21.9 Å². The second-order valence-electron chi connectivity index (χ2n) is 3.04. The first-order chi connectivity index (χ1) is 7.59. The van der Waals surface area contributed by atoms with E-state index in [1.54, 1.807) is 6.07 Å². The molecule has 4 nitrogen and oxygen atoms in total. The summed E-state index contributed by atoms with van der Waals surface area (Å²) in [5, 5.41) is 8.92. The van der Waals surface area contributed by atoms with E-state index in [-0.39, 0.29) is 21.7 Å². The van der Waals surface area contributed by atoms with Gasteiger partial charge in [-0.3, -0.25) is 0 Å². The third kappa shape index (κ3) is 1.83. The van der Waals surface area contributed by atoms with Crippen molar-refractivity contribution in [3.05, 3.63) is 40.5 Å². The highest BCUT2D eigenvalue weighted by molar-refractivity contribution is 9.10. The summed E-state index contributed by atoms with van der Waals surface area (Å²) in [4.78, 5) is 17.3. The van der Waals surface area contributed by atoms with Crippen LogP contribution in [0.2, 0.25) is 0 Å². The van der Waals surface area contributed by atoms with Gasteiger partial charge in [-0.25, -0.2) is 14.2 Å². The minimum absolute atomic E-state index is 0.0810. The number of H-pyrrole nitrogens is 1. The zero-order valence-electron chi connectivity index (χ0n) is 7.87. The molecule has 1 aromatic heterocycles. The molecule has 0 spiro atoms. The van der Waals surface area contributed by atoms with Gasteiger partial charge in [0.1, 0.15) is 11.5 Å². The standard InChI is InChI=1S/C10H6BrFN2O2/c11-10-13-7(8(14-10)9(15)16)5-3-1-2-4-6(5)12/h1-4H,(H,13,14)(H,15,16). The number of benzene rings is 1. The first-order valence-electron chi connectivity index (χ1n) is 4.33. The molecule has 2 N–H and O–H groups in total. The number of carboxylic acid groups (broad SMARTS) is 1. The number of nitrogens with one attached hydrogen (secondary N) is 1. The van der Waals surface area contributed by atoms with Gasteiger partial charge in [0.25, 0.3) is 0 Å². The highest BCUT2D eigenvalue weighted by Crippen LogP contribution is 2.25. The number of nitrogens with zero attached hydrogens (tertiary/aromatic N) is 1. The number of aromatic nitrogens is 2. The smallest absolute Gasteiger partial charge is 0.354 e. The number of hydrogen-bond donors (Lipinski definition) is 2. The second kappa shape index (κ2) is 4.05. The lowest BCUT2D eigenvalue weighted by Gasteiger charge is -1.99. The van der Waals surface area contributed by atoms with E-state index < -0.39 is 11.8 Å². The van der Waals surface area contributed by atoms with Crippen LogP contribution in [0.15, 0.2) is 29.0 Å². The Morgan fingerprint density at radius 1 is 1.44 bits per heavy atom. The van der Waals surface area contributed by atoms with Crippen LogP contribution in [0, 0.1) is 5.82 Å². The average molecular weight is 285 g/mol. The van der Waals surface area contributed by atoms with E-state index in [1.165, 1.54) is 18.2 Å². The third-order valence-corrected chi connectivity index (χ3v) is 2.39. The van der Waals surface area contributed by atoms with Gasteiger partial charge in [0.05, 0.1) is 0 Å². The van der Waals surface area contributed by atoms with Gasteiger partial charge in [0, 0.05) is 5.56 Å². The Morgan fingerprint density at radius 2 is 2.12 bits per heavy atom. The summed E-state index contributed by atoms with van der Waals surface area (Å²) in [6.07, 6.45) is 0. The molecule has 6 heteroatoms. The Morgan fingerprint density at radius 3 is 2.75 bits per heavy atom. The van der Waals surface area contributed by atoms with E-state index in [4.69, 9.17) is 5.11 Å². The van der Waals surface area contributed by atoms with Crippen LogP contribution in [-0.4, -0.2) is 21.0 Å². The van der Waals surface area contributed by atoms with Gasteiger partial charge in [0.15, 0.2) is 10.4 Å². The number of rotatable bonds is 2. The molecule has 1 aromatic carbocycles. The fraction of sp³-hybridized carbons (Fsp3) is 0. The van der Waals surface area contributed by atoms with Gasteiger partial charge in [-0.15, -0.1) is 0 Å². The van der Waals surface area contributed by atoms with E-state index in [1.807, 2.05) is 0 Å². The molecular weight excluding hydrogens is 279 g/mol. The Hall–Kier alpha value is -1.69. The summed E-state index contributed by atoms with van der Waals surface area (Å²) < 4.78 is 13.7. The predicted octanol–water partition coefficient (Wildman–Crippen LogP) is 2.68. The van der Waals surface area contributed by atoms with Gasteiger partial charge >= 0.3 is 5.97 Å². The van der Waals surface area contributed by atoms with E-state index in [9.17, 15) is 9.18 Å². The molecule has 0 fully saturated rings. The zero-order chi connectivity index (χ0) is 11.7. The van der Waals surface area contributed by atoms with Gasteiger partial charge < -0.3 is 10.1 Å². The maximum atomic E-state index is 13.5. The molecule has 2 rings (SSSR count). The lowest BCUT2D eigenvalue weighted by atomic mass is 10.1. The first-order valence-corrected chi connectivity index (χ1v) is 5.12. The van der Waals surface area contributed by atoms with E-state index in [0.29, 0.717) is 0 Å². The number of halogens is 2. The molecule has 82 valence electrons. The number of hydrogen-bond acceptors (Lipinski definition) is 2. The molecule has 0 unspecified atom stereocenters. The number of aromatic amines is 1. The molecule has 0 bridgehead atoms. The predicted molar refractivity (Wildman–Crippen MR) is 58.6 cm³/mol. The van der Waals surface area contributed by atoms with Crippen molar-refractivity contribution in [3.63, 3.8) is 0 Å². The van der Waals surface area contributed by atoms with Crippen molar-refractivity contribution < 1.29 is 14.3 Å². The molecule has 0 amide bonds. The maximum Gasteiger partial charge on any atom is 0.354 e. The first kappa shape index (κ1) is 10.8. The third-order valence-electron chi connectivity index (χ3n) is 2.02. The van der Waals surface area contributed by atoms with Crippen LogP contribution in [0.5, 0.6) is 0 Å². The molecule has 0 atom stereocenters. The van der Waals surface area contributed by atoms with Crippen molar-refractivity contribution in [2.75, 3.05) is 0 Å². The van der Waals surface area contributed by atoms with Crippen molar-refractivity contribution in [1.82, 2.24) is 9.97 Å². The summed E-state index contributed by atoms with van der Waals surface area (Å²) in [5.41, 5.74) is 0.0938. The average Bonchev–Trinajstić information content (AvgIpc) is 2.61. The molecule has 1 heterocycles. The SMILES string of the molecule is O=C(O)c1[nH]c(Br)nc1-c1ccccc1F. The van der Waals surface area contributed by atoms with Crippen LogP contribution < -0.4 is 0 Å². The fourth-order valence-corrected chi connectivity index (χ4v) is 1.72. The minimum atomic E-state index is -1.18. The molecule has 0 saturated heterocycles. The largest absolute Gasteiger partial charge is 0.477 e. The summed E-state index contributed by atoms with van der Waals surface area (Å²) in [5.74, 6) is -1.69.